The van der Waals surface area contributed by atoms with Gasteiger partial charge in [0.1, 0.15) is 11.6 Å². The Labute approximate surface area is 111 Å². The molecule has 0 bridgehead atoms. The van der Waals surface area contributed by atoms with E-state index in [-0.39, 0.29) is 5.92 Å². The van der Waals surface area contributed by atoms with Gasteiger partial charge in [-0.25, -0.2) is 4.98 Å². The first-order valence-corrected chi connectivity index (χ1v) is 6.29. The minimum Gasteiger partial charge on any atom is -0.493 e. The van der Waals surface area contributed by atoms with Crippen LogP contribution in [0.2, 0.25) is 0 Å². The summed E-state index contributed by atoms with van der Waals surface area (Å²) in [6.07, 6.45) is 0.956. The van der Waals surface area contributed by atoms with Crippen LogP contribution in [0.4, 0.5) is 5.82 Å². The third-order valence-corrected chi connectivity index (χ3v) is 3.65. The number of nitrogen functional groups attached to an aromatic ring is 1. The van der Waals surface area contributed by atoms with Gasteiger partial charge in [0, 0.05) is 17.3 Å². The van der Waals surface area contributed by atoms with E-state index in [9.17, 15) is 5.11 Å². The lowest BCUT2D eigenvalue weighted by Crippen LogP contribution is -2.15. The van der Waals surface area contributed by atoms with Gasteiger partial charge < -0.3 is 15.6 Å². The Kier molecular flexibility index (Phi) is 2.87. The number of aliphatic hydroxyl groups excluding tert-OH is 1. The molecule has 1 aromatic carbocycles. The van der Waals surface area contributed by atoms with E-state index >= 15 is 0 Å². The average Bonchev–Trinajstić information content (AvgIpc) is 2.82. The minimum absolute atomic E-state index is 0.0959. The molecule has 0 saturated carbocycles. The topological polar surface area (TPSA) is 68.4 Å². The van der Waals surface area contributed by atoms with E-state index in [1.165, 1.54) is 0 Å². The molecule has 2 heterocycles. The van der Waals surface area contributed by atoms with Crippen LogP contribution in [0.15, 0.2) is 36.5 Å². The number of ether oxygens (including phenoxy) is 1. The highest BCUT2D eigenvalue weighted by Gasteiger charge is 2.32. The Morgan fingerprint density at radius 3 is 2.95 bits per heavy atom. The van der Waals surface area contributed by atoms with Crippen molar-refractivity contribution in [1.82, 2.24) is 4.98 Å². The number of aromatic nitrogens is 1. The van der Waals surface area contributed by atoms with E-state index in [1.807, 2.05) is 37.3 Å². The minimum atomic E-state index is -0.697. The highest BCUT2D eigenvalue weighted by Crippen LogP contribution is 2.42. The molecule has 3 rings (SSSR count). The van der Waals surface area contributed by atoms with Crippen molar-refractivity contribution in [2.45, 2.75) is 18.9 Å². The quantitative estimate of drug-likeness (QED) is 0.864. The molecule has 4 nitrogen and oxygen atoms in total. The lowest BCUT2D eigenvalue weighted by molar-refractivity contribution is 0.130. The largest absolute Gasteiger partial charge is 0.493 e. The second kappa shape index (κ2) is 4.55. The van der Waals surface area contributed by atoms with E-state index < -0.39 is 6.10 Å². The van der Waals surface area contributed by atoms with Gasteiger partial charge in [0.25, 0.3) is 0 Å². The number of pyridine rings is 1. The van der Waals surface area contributed by atoms with Crippen LogP contribution in [0.1, 0.15) is 28.7 Å². The van der Waals surface area contributed by atoms with Crippen molar-refractivity contribution in [3.8, 4) is 5.75 Å². The summed E-state index contributed by atoms with van der Waals surface area (Å²) < 4.78 is 5.61. The molecule has 0 amide bonds. The van der Waals surface area contributed by atoms with E-state index in [1.54, 1.807) is 6.20 Å². The van der Waals surface area contributed by atoms with E-state index in [0.717, 1.165) is 16.9 Å². The number of aliphatic hydroxyl groups is 1. The number of benzene rings is 1. The molecule has 1 aromatic heterocycles. The van der Waals surface area contributed by atoms with Gasteiger partial charge in [-0.2, -0.15) is 0 Å². The molecule has 0 radical (unpaired) electrons. The average molecular weight is 256 g/mol. The molecule has 2 unspecified atom stereocenters. The number of rotatable bonds is 2. The summed E-state index contributed by atoms with van der Waals surface area (Å²) in [5.41, 5.74) is 8.57. The number of nitrogens with zero attached hydrogens (tertiary/aromatic N) is 1. The van der Waals surface area contributed by atoms with Gasteiger partial charge in [-0.05, 0) is 24.6 Å². The van der Waals surface area contributed by atoms with E-state index in [0.29, 0.717) is 18.0 Å². The first kappa shape index (κ1) is 12.0. The zero-order valence-corrected chi connectivity index (χ0v) is 10.7. The van der Waals surface area contributed by atoms with Crippen LogP contribution in [0.25, 0.3) is 0 Å². The van der Waals surface area contributed by atoms with Gasteiger partial charge in [-0.1, -0.05) is 18.2 Å². The summed E-state index contributed by atoms with van der Waals surface area (Å²) in [6, 6.07) is 9.64. The van der Waals surface area contributed by atoms with Crippen molar-refractivity contribution in [3.63, 3.8) is 0 Å². The second-order valence-corrected chi connectivity index (χ2v) is 4.83. The number of hydrogen-bond donors (Lipinski definition) is 2. The summed E-state index contributed by atoms with van der Waals surface area (Å²) in [5, 5.41) is 10.6. The van der Waals surface area contributed by atoms with Crippen LogP contribution >= 0.6 is 0 Å². The molecular weight excluding hydrogens is 240 g/mol. The van der Waals surface area contributed by atoms with Crippen LogP contribution in [-0.4, -0.2) is 16.7 Å². The van der Waals surface area contributed by atoms with Gasteiger partial charge in [-0.15, -0.1) is 0 Å². The van der Waals surface area contributed by atoms with E-state index in [2.05, 4.69) is 4.98 Å². The van der Waals surface area contributed by atoms with Crippen LogP contribution in [0.3, 0.4) is 0 Å². The summed E-state index contributed by atoms with van der Waals surface area (Å²) >= 11 is 0. The maximum absolute atomic E-state index is 10.6. The predicted molar refractivity (Wildman–Crippen MR) is 73.0 cm³/mol. The number of hydrogen-bond acceptors (Lipinski definition) is 4. The van der Waals surface area contributed by atoms with Crippen LogP contribution in [0, 0.1) is 6.92 Å². The number of nitrogens with two attached hydrogens (primary N) is 1. The Bertz CT molecular complexity index is 593. The fourth-order valence-electron chi connectivity index (χ4n) is 2.63. The standard InChI is InChI=1S/C15H16N2O2/c1-9-6-7-17-15(16)13(9)14(18)11-8-19-12-5-3-2-4-10(11)12/h2-7,11,14,18H,8H2,1H3,(H2,16,17). The Morgan fingerprint density at radius 1 is 1.37 bits per heavy atom. The van der Waals surface area contributed by atoms with Gasteiger partial charge in [-0.3, -0.25) is 0 Å². The Morgan fingerprint density at radius 2 is 2.16 bits per heavy atom. The third-order valence-electron chi connectivity index (χ3n) is 3.65. The van der Waals surface area contributed by atoms with Gasteiger partial charge in [0.15, 0.2) is 0 Å². The molecule has 0 saturated heterocycles. The fraction of sp³-hybridized carbons (Fsp3) is 0.267. The van der Waals surface area contributed by atoms with Crippen molar-refractivity contribution in [2.75, 3.05) is 12.3 Å². The summed E-state index contributed by atoms with van der Waals surface area (Å²) in [6.45, 7) is 2.40. The lowest BCUT2D eigenvalue weighted by Gasteiger charge is -2.20. The lowest BCUT2D eigenvalue weighted by atomic mass is 9.89. The predicted octanol–water partition coefficient (Wildman–Crippen LogP) is 2.18. The normalized spacial score (nSPS) is 18.7. The molecule has 1 aliphatic rings. The first-order chi connectivity index (χ1) is 9.18. The zero-order valence-electron chi connectivity index (χ0n) is 10.7. The van der Waals surface area contributed by atoms with Crippen molar-refractivity contribution < 1.29 is 9.84 Å². The van der Waals surface area contributed by atoms with Gasteiger partial charge in [0.2, 0.25) is 0 Å². The molecule has 2 atom stereocenters. The molecule has 98 valence electrons. The van der Waals surface area contributed by atoms with Crippen molar-refractivity contribution in [3.05, 3.63) is 53.2 Å². The highest BCUT2D eigenvalue weighted by atomic mass is 16.5. The molecule has 19 heavy (non-hydrogen) atoms. The van der Waals surface area contributed by atoms with E-state index in [4.69, 9.17) is 10.5 Å². The summed E-state index contributed by atoms with van der Waals surface area (Å²) in [7, 11) is 0. The van der Waals surface area contributed by atoms with Crippen LogP contribution < -0.4 is 10.5 Å². The van der Waals surface area contributed by atoms with Gasteiger partial charge in [0.05, 0.1) is 18.6 Å². The molecule has 2 aromatic rings. The summed E-state index contributed by atoms with van der Waals surface area (Å²) in [4.78, 5) is 4.07. The SMILES string of the molecule is Cc1ccnc(N)c1C(O)C1COc2ccccc21. The maximum Gasteiger partial charge on any atom is 0.129 e. The number of fused-ring (bicyclic) bond motifs is 1. The Hall–Kier alpha value is -2.07. The molecule has 1 aliphatic heterocycles. The molecule has 0 aliphatic carbocycles. The molecule has 0 spiro atoms. The zero-order chi connectivity index (χ0) is 13.4. The Balaban J connectivity index is 2.00. The third kappa shape index (κ3) is 1.94. The van der Waals surface area contributed by atoms with Crippen molar-refractivity contribution in [1.29, 1.82) is 0 Å². The molecule has 3 N–H and O–H groups in total. The maximum atomic E-state index is 10.6. The summed E-state index contributed by atoms with van der Waals surface area (Å²) in [5.74, 6) is 1.13. The number of aryl methyl sites for hydroxylation is 1. The number of anilines is 1. The van der Waals surface area contributed by atoms with Gasteiger partial charge >= 0.3 is 0 Å². The molecule has 0 fully saturated rings. The first-order valence-electron chi connectivity index (χ1n) is 6.29. The number of para-hydroxylation sites is 1. The fourth-order valence-corrected chi connectivity index (χ4v) is 2.63. The smallest absolute Gasteiger partial charge is 0.129 e. The van der Waals surface area contributed by atoms with Crippen LogP contribution in [0.5, 0.6) is 5.75 Å². The van der Waals surface area contributed by atoms with Crippen molar-refractivity contribution in [2.24, 2.45) is 0 Å². The molecule has 4 heteroatoms. The highest BCUT2D eigenvalue weighted by molar-refractivity contribution is 5.49. The second-order valence-electron chi connectivity index (χ2n) is 4.83. The monoisotopic (exact) mass is 256 g/mol. The van der Waals surface area contributed by atoms with Crippen molar-refractivity contribution >= 4 is 5.82 Å². The van der Waals surface area contributed by atoms with Crippen LogP contribution in [-0.2, 0) is 0 Å². The molecular formula is C15H16N2O2.